The molecule has 0 aliphatic heterocycles. The second-order valence-corrected chi connectivity index (χ2v) is 4.91. The van der Waals surface area contributed by atoms with Crippen molar-refractivity contribution in [3.05, 3.63) is 52.0 Å². The number of benzene rings is 2. The lowest BCUT2D eigenvalue weighted by molar-refractivity contribution is 0.484. The molecule has 0 aliphatic rings. The zero-order valence-electron chi connectivity index (χ0n) is 9.83. The molecule has 88 valence electrons. The maximum absolute atomic E-state index is 5.87. The van der Waals surface area contributed by atoms with Crippen LogP contribution in [0.15, 0.2) is 40.9 Å². The first-order valence-corrected chi connectivity index (χ1v) is 6.15. The monoisotopic (exact) mass is 291 g/mol. The van der Waals surface area contributed by atoms with Crippen LogP contribution in [0.25, 0.3) is 0 Å². The third-order valence-electron chi connectivity index (χ3n) is 2.53. The van der Waals surface area contributed by atoms with Crippen molar-refractivity contribution in [2.75, 3.05) is 5.73 Å². The predicted octanol–water partition coefficient (Wildman–Crippen LogP) is 4.44. The number of hydrogen-bond donors (Lipinski definition) is 1. The van der Waals surface area contributed by atoms with Gasteiger partial charge in [-0.3, -0.25) is 0 Å². The molecule has 0 amide bonds. The number of halogens is 1. The minimum atomic E-state index is 0.649. The van der Waals surface area contributed by atoms with E-state index in [-0.39, 0.29) is 0 Å². The topological polar surface area (TPSA) is 35.2 Å². The van der Waals surface area contributed by atoms with Gasteiger partial charge in [-0.2, -0.15) is 0 Å². The number of nitrogens with two attached hydrogens (primary N) is 1. The molecule has 2 nitrogen and oxygen atoms in total. The van der Waals surface area contributed by atoms with Crippen LogP contribution in [0.5, 0.6) is 11.5 Å². The van der Waals surface area contributed by atoms with Crippen LogP contribution in [-0.4, -0.2) is 0 Å². The van der Waals surface area contributed by atoms with Gasteiger partial charge in [-0.25, -0.2) is 0 Å². The van der Waals surface area contributed by atoms with Crippen molar-refractivity contribution in [2.24, 2.45) is 0 Å². The molecular weight excluding hydrogens is 278 g/mol. The third-order valence-corrected chi connectivity index (χ3v) is 3.42. The van der Waals surface area contributed by atoms with E-state index in [9.17, 15) is 0 Å². The van der Waals surface area contributed by atoms with Gasteiger partial charge in [-0.05, 0) is 55.3 Å². The Kier molecular flexibility index (Phi) is 3.38. The van der Waals surface area contributed by atoms with Gasteiger partial charge >= 0.3 is 0 Å². The average molecular weight is 292 g/mol. The first-order chi connectivity index (χ1) is 8.06. The summed E-state index contributed by atoms with van der Waals surface area (Å²) in [6, 6.07) is 11.6. The van der Waals surface area contributed by atoms with Crippen LogP contribution in [0.3, 0.4) is 0 Å². The highest BCUT2D eigenvalue weighted by molar-refractivity contribution is 9.10. The lowest BCUT2D eigenvalue weighted by Gasteiger charge is -2.10. The van der Waals surface area contributed by atoms with Crippen molar-refractivity contribution >= 4 is 21.6 Å². The van der Waals surface area contributed by atoms with Gasteiger partial charge in [0.15, 0.2) is 5.75 Å². The summed E-state index contributed by atoms with van der Waals surface area (Å²) in [5.74, 6) is 1.50. The number of hydrogen-bond acceptors (Lipinski definition) is 2. The first kappa shape index (κ1) is 12.0. The smallest absolute Gasteiger partial charge is 0.150 e. The van der Waals surface area contributed by atoms with Crippen molar-refractivity contribution in [1.82, 2.24) is 0 Å². The van der Waals surface area contributed by atoms with Crippen LogP contribution < -0.4 is 10.5 Å². The molecule has 0 aromatic heterocycles. The Hall–Kier alpha value is -1.48. The van der Waals surface area contributed by atoms with Crippen LogP contribution in [0, 0.1) is 13.8 Å². The molecule has 0 radical (unpaired) electrons. The highest BCUT2D eigenvalue weighted by Crippen LogP contribution is 2.30. The molecule has 0 fully saturated rings. The van der Waals surface area contributed by atoms with E-state index >= 15 is 0 Å². The second-order valence-electron chi connectivity index (χ2n) is 4.05. The van der Waals surface area contributed by atoms with Crippen LogP contribution >= 0.6 is 15.9 Å². The number of nitrogen functional groups attached to an aromatic ring is 1. The van der Waals surface area contributed by atoms with E-state index in [4.69, 9.17) is 10.5 Å². The highest BCUT2D eigenvalue weighted by atomic mass is 79.9. The van der Waals surface area contributed by atoms with Gasteiger partial charge in [0, 0.05) is 4.47 Å². The van der Waals surface area contributed by atoms with Crippen LogP contribution in [0.1, 0.15) is 11.1 Å². The Bertz CT molecular complexity index is 552. The summed E-state index contributed by atoms with van der Waals surface area (Å²) in [7, 11) is 0. The van der Waals surface area contributed by atoms with E-state index in [0.29, 0.717) is 11.4 Å². The van der Waals surface area contributed by atoms with Crippen molar-refractivity contribution in [1.29, 1.82) is 0 Å². The molecule has 0 saturated carbocycles. The summed E-state index contributed by atoms with van der Waals surface area (Å²) in [5.41, 5.74) is 8.78. The Morgan fingerprint density at radius 3 is 2.53 bits per heavy atom. The number of rotatable bonds is 2. The SMILES string of the molecule is Cc1ccc(N)c(Oc2ccc(Br)c(C)c2)c1. The normalized spacial score (nSPS) is 10.3. The molecular formula is C14H14BrNO. The van der Waals surface area contributed by atoms with Gasteiger partial charge < -0.3 is 10.5 Å². The molecule has 17 heavy (non-hydrogen) atoms. The lowest BCUT2D eigenvalue weighted by atomic mass is 10.2. The molecule has 0 heterocycles. The fourth-order valence-electron chi connectivity index (χ4n) is 1.54. The van der Waals surface area contributed by atoms with Crippen LogP contribution in [0.4, 0.5) is 5.69 Å². The van der Waals surface area contributed by atoms with Crippen molar-refractivity contribution in [2.45, 2.75) is 13.8 Å². The van der Waals surface area contributed by atoms with Gasteiger partial charge in [-0.1, -0.05) is 22.0 Å². The summed E-state index contributed by atoms with van der Waals surface area (Å²) in [6.45, 7) is 4.04. The number of ether oxygens (including phenoxy) is 1. The molecule has 2 aromatic rings. The zero-order valence-corrected chi connectivity index (χ0v) is 11.4. The van der Waals surface area contributed by atoms with Crippen LogP contribution in [0.2, 0.25) is 0 Å². The van der Waals surface area contributed by atoms with E-state index in [0.717, 1.165) is 21.3 Å². The molecule has 0 bridgehead atoms. The highest BCUT2D eigenvalue weighted by Gasteiger charge is 2.04. The Labute approximate surface area is 110 Å². The molecule has 0 unspecified atom stereocenters. The predicted molar refractivity (Wildman–Crippen MR) is 74.5 cm³/mol. The van der Waals surface area contributed by atoms with Gasteiger partial charge in [0.05, 0.1) is 5.69 Å². The fourth-order valence-corrected chi connectivity index (χ4v) is 1.78. The Morgan fingerprint density at radius 1 is 1.06 bits per heavy atom. The zero-order chi connectivity index (χ0) is 12.4. The van der Waals surface area contributed by atoms with Gasteiger partial charge in [0.2, 0.25) is 0 Å². The summed E-state index contributed by atoms with van der Waals surface area (Å²) in [6.07, 6.45) is 0. The molecule has 2 aromatic carbocycles. The Balaban J connectivity index is 2.31. The molecule has 0 atom stereocenters. The maximum Gasteiger partial charge on any atom is 0.150 e. The van der Waals surface area contributed by atoms with Gasteiger partial charge in [0.1, 0.15) is 5.75 Å². The molecule has 3 heteroatoms. The van der Waals surface area contributed by atoms with E-state index < -0.39 is 0 Å². The molecule has 2 rings (SSSR count). The molecule has 0 aliphatic carbocycles. The van der Waals surface area contributed by atoms with E-state index in [2.05, 4.69) is 15.9 Å². The van der Waals surface area contributed by atoms with E-state index in [1.807, 2.05) is 50.2 Å². The minimum Gasteiger partial charge on any atom is -0.455 e. The van der Waals surface area contributed by atoms with Crippen molar-refractivity contribution < 1.29 is 4.74 Å². The lowest BCUT2D eigenvalue weighted by Crippen LogP contribution is -1.93. The first-order valence-electron chi connectivity index (χ1n) is 5.36. The molecule has 0 spiro atoms. The maximum atomic E-state index is 5.87. The van der Waals surface area contributed by atoms with E-state index in [1.54, 1.807) is 0 Å². The van der Waals surface area contributed by atoms with E-state index in [1.165, 1.54) is 0 Å². The minimum absolute atomic E-state index is 0.649. The van der Waals surface area contributed by atoms with Gasteiger partial charge in [0.25, 0.3) is 0 Å². The molecule has 2 N–H and O–H groups in total. The summed E-state index contributed by atoms with van der Waals surface area (Å²) < 4.78 is 6.85. The average Bonchev–Trinajstić information content (AvgIpc) is 2.29. The molecule has 0 saturated heterocycles. The summed E-state index contributed by atoms with van der Waals surface area (Å²) in [4.78, 5) is 0. The van der Waals surface area contributed by atoms with Crippen LogP contribution in [-0.2, 0) is 0 Å². The number of aryl methyl sites for hydroxylation is 2. The van der Waals surface area contributed by atoms with Crippen molar-refractivity contribution in [3.63, 3.8) is 0 Å². The third kappa shape index (κ3) is 2.80. The standard InChI is InChI=1S/C14H14BrNO/c1-9-3-6-13(16)14(7-9)17-11-4-5-12(15)10(2)8-11/h3-8H,16H2,1-2H3. The fraction of sp³-hybridized carbons (Fsp3) is 0.143. The van der Waals surface area contributed by atoms with Crippen molar-refractivity contribution in [3.8, 4) is 11.5 Å². The Morgan fingerprint density at radius 2 is 1.82 bits per heavy atom. The quantitative estimate of drug-likeness (QED) is 0.830. The summed E-state index contributed by atoms with van der Waals surface area (Å²) >= 11 is 3.46. The largest absolute Gasteiger partial charge is 0.455 e. The number of anilines is 1. The van der Waals surface area contributed by atoms with Gasteiger partial charge in [-0.15, -0.1) is 0 Å². The summed E-state index contributed by atoms with van der Waals surface area (Å²) in [5, 5.41) is 0. The second kappa shape index (κ2) is 4.80.